The van der Waals surface area contributed by atoms with Crippen LogP contribution in [-0.2, 0) is 0 Å². The summed E-state index contributed by atoms with van der Waals surface area (Å²) in [6, 6.07) is 9.80. The Kier molecular flexibility index (Phi) is 7.26. The van der Waals surface area contributed by atoms with Crippen molar-refractivity contribution < 1.29 is 31.8 Å². The molecule has 3 aromatic carbocycles. The number of aliphatic hydroxyl groups is 1. The van der Waals surface area contributed by atoms with Crippen molar-refractivity contribution in [3.63, 3.8) is 0 Å². The summed E-state index contributed by atoms with van der Waals surface area (Å²) >= 11 is 0. The van der Waals surface area contributed by atoms with Gasteiger partial charge in [0.15, 0.2) is 23.2 Å². The second kappa shape index (κ2) is 10.2. The lowest BCUT2D eigenvalue weighted by atomic mass is 9.82. The van der Waals surface area contributed by atoms with Crippen LogP contribution in [0.3, 0.4) is 0 Å². The molecule has 0 saturated carbocycles. The number of rotatable bonds is 6. The first kappa shape index (κ1) is 24.9. The molecule has 0 radical (unpaired) electrons. The molecule has 0 aromatic heterocycles. The highest BCUT2D eigenvalue weighted by Gasteiger charge is 2.24. The molecule has 0 heterocycles. The highest BCUT2D eigenvalue weighted by atomic mass is 19.2. The van der Waals surface area contributed by atoms with E-state index in [-0.39, 0.29) is 40.5 Å². The van der Waals surface area contributed by atoms with Gasteiger partial charge in [-0.05, 0) is 68.4 Å². The smallest absolute Gasteiger partial charge is 0.201 e. The molecule has 2 atom stereocenters. The van der Waals surface area contributed by atoms with Gasteiger partial charge in [-0.1, -0.05) is 30.3 Å². The number of ether oxygens (including phenoxy) is 1. The summed E-state index contributed by atoms with van der Waals surface area (Å²) in [4.78, 5) is 0. The van der Waals surface area contributed by atoms with Crippen molar-refractivity contribution in [2.75, 3.05) is 6.61 Å². The van der Waals surface area contributed by atoms with Crippen LogP contribution in [0.4, 0.5) is 22.0 Å². The van der Waals surface area contributed by atoms with Crippen molar-refractivity contribution in [1.82, 2.24) is 0 Å². The fourth-order valence-corrected chi connectivity index (χ4v) is 4.53. The summed E-state index contributed by atoms with van der Waals surface area (Å²) in [6.07, 6.45) is 2.21. The SMILES string of the molecule is CCOc1ccc(-c2ccc(C3CC=C(c4ccc(C(C)O)c(F)c4F)CC3)cc2F)c(F)c1F. The number of benzene rings is 3. The second-order valence-electron chi connectivity index (χ2n) is 8.62. The summed E-state index contributed by atoms with van der Waals surface area (Å²) in [5, 5.41) is 9.57. The number of hydrogen-bond acceptors (Lipinski definition) is 2. The van der Waals surface area contributed by atoms with Gasteiger partial charge in [-0.3, -0.25) is 0 Å². The first-order valence-electron chi connectivity index (χ1n) is 11.5. The zero-order chi connectivity index (χ0) is 25.3. The number of hydrogen-bond donors (Lipinski definition) is 1. The molecule has 0 amide bonds. The van der Waals surface area contributed by atoms with Crippen molar-refractivity contribution >= 4 is 5.57 Å². The third-order valence-corrected chi connectivity index (χ3v) is 6.42. The third-order valence-electron chi connectivity index (χ3n) is 6.42. The quantitative estimate of drug-likeness (QED) is 0.358. The fraction of sp³-hybridized carbons (Fsp3) is 0.286. The lowest BCUT2D eigenvalue weighted by Crippen LogP contribution is -2.07. The minimum absolute atomic E-state index is 0.0593. The molecule has 2 nitrogen and oxygen atoms in total. The first-order chi connectivity index (χ1) is 16.7. The van der Waals surface area contributed by atoms with E-state index in [0.29, 0.717) is 30.4 Å². The van der Waals surface area contributed by atoms with Crippen LogP contribution in [0.2, 0.25) is 0 Å². The van der Waals surface area contributed by atoms with Gasteiger partial charge in [0.1, 0.15) is 5.82 Å². The van der Waals surface area contributed by atoms with E-state index in [4.69, 9.17) is 4.74 Å². The van der Waals surface area contributed by atoms with E-state index >= 15 is 0 Å². The summed E-state index contributed by atoms with van der Waals surface area (Å²) in [5.41, 5.74) is 1.14. The first-order valence-corrected chi connectivity index (χ1v) is 11.5. The molecular formula is C28H25F5O2. The molecule has 4 rings (SSSR count). The number of allylic oxidation sites excluding steroid dienone is 2. The molecule has 0 bridgehead atoms. The van der Waals surface area contributed by atoms with Gasteiger partial charge < -0.3 is 9.84 Å². The Morgan fingerprint density at radius 3 is 2.20 bits per heavy atom. The monoisotopic (exact) mass is 488 g/mol. The van der Waals surface area contributed by atoms with Gasteiger partial charge in [-0.2, -0.15) is 4.39 Å². The van der Waals surface area contributed by atoms with Gasteiger partial charge in [0.2, 0.25) is 5.82 Å². The second-order valence-corrected chi connectivity index (χ2v) is 8.62. The Morgan fingerprint density at radius 1 is 0.886 bits per heavy atom. The average molecular weight is 488 g/mol. The summed E-state index contributed by atoms with van der Waals surface area (Å²) in [6.45, 7) is 3.19. The van der Waals surface area contributed by atoms with Crippen molar-refractivity contribution in [3.8, 4) is 16.9 Å². The Morgan fingerprint density at radius 2 is 1.57 bits per heavy atom. The van der Waals surface area contributed by atoms with Gasteiger partial charge in [0.25, 0.3) is 0 Å². The molecule has 2 unspecified atom stereocenters. The molecule has 1 aliphatic carbocycles. The zero-order valence-electron chi connectivity index (χ0n) is 19.3. The van der Waals surface area contributed by atoms with Gasteiger partial charge in [-0.25, -0.2) is 17.6 Å². The number of aliphatic hydroxyl groups excluding tert-OH is 1. The summed E-state index contributed by atoms with van der Waals surface area (Å²) < 4.78 is 77.6. The Hall–Kier alpha value is -3.19. The molecule has 7 heteroatoms. The normalized spacial score (nSPS) is 16.7. The van der Waals surface area contributed by atoms with Crippen molar-refractivity contribution in [2.45, 2.75) is 45.1 Å². The van der Waals surface area contributed by atoms with Crippen LogP contribution in [0.15, 0.2) is 48.5 Å². The maximum Gasteiger partial charge on any atom is 0.201 e. The molecule has 184 valence electrons. The standard InChI is InChI=1S/C28H25F5O2/c1-3-35-24-13-12-22(27(32)28(24)33)21-9-8-18(14-23(21)29)16-4-6-17(7-5-16)20-11-10-19(15(2)34)25(30)26(20)31/h6,8-16,34H,3-5,7H2,1-2H3. The maximum absolute atomic E-state index is 14.9. The summed E-state index contributed by atoms with van der Waals surface area (Å²) in [5.74, 6) is -5.36. The molecule has 1 N–H and O–H groups in total. The molecule has 0 aliphatic heterocycles. The van der Waals surface area contributed by atoms with E-state index in [2.05, 4.69) is 0 Å². The lowest BCUT2D eigenvalue weighted by Gasteiger charge is -2.23. The minimum atomic E-state index is -1.18. The van der Waals surface area contributed by atoms with Crippen LogP contribution in [-0.4, -0.2) is 11.7 Å². The molecule has 0 spiro atoms. The van der Waals surface area contributed by atoms with Crippen LogP contribution < -0.4 is 4.74 Å². The molecule has 0 fully saturated rings. The van der Waals surface area contributed by atoms with E-state index < -0.39 is 35.2 Å². The van der Waals surface area contributed by atoms with E-state index in [1.165, 1.54) is 43.3 Å². The van der Waals surface area contributed by atoms with Gasteiger partial charge >= 0.3 is 0 Å². The van der Waals surface area contributed by atoms with Gasteiger partial charge in [0.05, 0.1) is 12.7 Å². The van der Waals surface area contributed by atoms with E-state index in [1.54, 1.807) is 19.1 Å². The maximum atomic E-state index is 14.9. The fourth-order valence-electron chi connectivity index (χ4n) is 4.53. The number of halogens is 5. The Balaban J connectivity index is 1.55. The Bertz CT molecular complexity index is 1280. The predicted octanol–water partition coefficient (Wildman–Crippen LogP) is 7.85. The van der Waals surface area contributed by atoms with Crippen molar-refractivity contribution in [3.05, 3.63) is 94.3 Å². The minimum Gasteiger partial charge on any atom is -0.491 e. The van der Waals surface area contributed by atoms with Crippen molar-refractivity contribution in [2.24, 2.45) is 0 Å². The highest BCUT2D eigenvalue weighted by Crippen LogP contribution is 2.39. The molecule has 0 saturated heterocycles. The Labute approximate surface area is 200 Å². The largest absolute Gasteiger partial charge is 0.491 e. The van der Waals surface area contributed by atoms with Crippen LogP contribution in [0, 0.1) is 29.1 Å². The van der Waals surface area contributed by atoms with Crippen LogP contribution in [0.25, 0.3) is 16.7 Å². The molecule has 3 aromatic rings. The van der Waals surface area contributed by atoms with Crippen LogP contribution in [0.1, 0.15) is 61.8 Å². The van der Waals surface area contributed by atoms with Gasteiger partial charge in [0, 0.05) is 22.3 Å². The van der Waals surface area contributed by atoms with Crippen LogP contribution in [0.5, 0.6) is 5.75 Å². The topological polar surface area (TPSA) is 29.5 Å². The zero-order valence-corrected chi connectivity index (χ0v) is 19.3. The third kappa shape index (κ3) is 4.82. The van der Waals surface area contributed by atoms with E-state index in [1.807, 2.05) is 0 Å². The molecule has 35 heavy (non-hydrogen) atoms. The summed E-state index contributed by atoms with van der Waals surface area (Å²) in [7, 11) is 0. The van der Waals surface area contributed by atoms with Crippen LogP contribution >= 0.6 is 0 Å². The van der Waals surface area contributed by atoms with Gasteiger partial charge in [-0.15, -0.1) is 0 Å². The predicted molar refractivity (Wildman–Crippen MR) is 124 cm³/mol. The van der Waals surface area contributed by atoms with E-state index in [0.717, 1.165) is 0 Å². The van der Waals surface area contributed by atoms with Crippen molar-refractivity contribution in [1.29, 1.82) is 0 Å². The lowest BCUT2D eigenvalue weighted by molar-refractivity contribution is 0.192. The highest BCUT2D eigenvalue weighted by molar-refractivity contribution is 5.69. The average Bonchev–Trinajstić information content (AvgIpc) is 2.84. The van der Waals surface area contributed by atoms with E-state index in [9.17, 15) is 27.1 Å². The molecular weight excluding hydrogens is 463 g/mol. The molecule has 1 aliphatic rings.